The van der Waals surface area contributed by atoms with E-state index in [-0.39, 0.29) is 12.3 Å². The quantitative estimate of drug-likeness (QED) is 0.604. The molecule has 0 saturated heterocycles. The number of anilines is 1. The summed E-state index contributed by atoms with van der Waals surface area (Å²) in [6.45, 7) is 0. The number of rotatable bonds is 6. The summed E-state index contributed by atoms with van der Waals surface area (Å²) in [5, 5.41) is 21.4. The van der Waals surface area contributed by atoms with Crippen molar-refractivity contribution in [3.63, 3.8) is 0 Å². The number of nitrogens with one attached hydrogen (secondary N) is 1. The molecule has 0 aliphatic rings. The molecule has 1 N–H and O–H groups in total. The second-order valence-electron chi connectivity index (χ2n) is 6.26. The number of hydrogen-bond acceptors (Lipinski definition) is 5. The third-order valence-electron chi connectivity index (χ3n) is 4.13. The van der Waals surface area contributed by atoms with Crippen molar-refractivity contribution in [2.24, 2.45) is 0 Å². The van der Waals surface area contributed by atoms with Crippen molar-refractivity contribution in [3.05, 3.63) is 82.4 Å². The molecule has 3 rings (SSSR count). The van der Waals surface area contributed by atoms with Crippen LogP contribution in [0.25, 0.3) is 0 Å². The number of amides is 1. The molecule has 1 amide bonds. The molecule has 30 heavy (non-hydrogen) atoms. The van der Waals surface area contributed by atoms with E-state index in [4.69, 9.17) is 31.6 Å². The number of benzene rings is 3. The smallest absolute Gasteiger partial charge is 0.228 e. The molecule has 3 aromatic rings. The van der Waals surface area contributed by atoms with Gasteiger partial charge in [0.05, 0.1) is 47.5 Å². The molecule has 0 aliphatic carbocycles. The molecule has 0 aromatic heterocycles. The highest BCUT2D eigenvalue weighted by atomic mass is 35.5. The summed E-state index contributed by atoms with van der Waals surface area (Å²) in [7, 11) is 1.53. The van der Waals surface area contributed by atoms with Crippen LogP contribution in [0.15, 0.2) is 60.7 Å². The van der Waals surface area contributed by atoms with E-state index in [1.165, 1.54) is 25.3 Å². The number of carbonyl (C=O) groups is 1. The lowest BCUT2D eigenvalue weighted by Crippen LogP contribution is -2.15. The molecule has 0 saturated carbocycles. The number of ether oxygens (including phenoxy) is 2. The molecule has 0 fully saturated rings. The molecular weight excluding hydrogens is 402 g/mol. The monoisotopic (exact) mass is 417 g/mol. The second-order valence-corrected chi connectivity index (χ2v) is 6.67. The van der Waals surface area contributed by atoms with Crippen LogP contribution in [-0.2, 0) is 11.2 Å². The second kappa shape index (κ2) is 9.47. The first-order valence-corrected chi connectivity index (χ1v) is 9.24. The fraction of sp³-hybridized carbons (Fsp3) is 0.0870. The molecule has 0 radical (unpaired) electrons. The van der Waals surface area contributed by atoms with Crippen molar-refractivity contribution in [2.75, 3.05) is 12.4 Å². The number of methoxy groups -OCH3 is 1. The highest BCUT2D eigenvalue weighted by molar-refractivity contribution is 6.32. The third-order valence-corrected chi connectivity index (χ3v) is 4.45. The first kappa shape index (κ1) is 20.7. The molecule has 3 aromatic carbocycles. The topological polar surface area (TPSA) is 95.1 Å². The number of nitrogens with zero attached hydrogens (tertiary/aromatic N) is 2. The van der Waals surface area contributed by atoms with Gasteiger partial charge >= 0.3 is 0 Å². The highest BCUT2D eigenvalue weighted by Crippen LogP contribution is 2.32. The zero-order valence-corrected chi connectivity index (χ0v) is 16.7. The molecule has 0 spiro atoms. The molecule has 7 heteroatoms. The van der Waals surface area contributed by atoms with Crippen molar-refractivity contribution in [1.29, 1.82) is 10.5 Å². The van der Waals surface area contributed by atoms with Crippen LogP contribution in [0.4, 0.5) is 5.69 Å². The summed E-state index contributed by atoms with van der Waals surface area (Å²) in [6, 6.07) is 20.6. The first-order valence-electron chi connectivity index (χ1n) is 8.87. The van der Waals surface area contributed by atoms with Crippen molar-refractivity contribution in [2.45, 2.75) is 6.42 Å². The van der Waals surface area contributed by atoms with E-state index < -0.39 is 0 Å². The van der Waals surface area contributed by atoms with E-state index in [1.54, 1.807) is 36.4 Å². The number of para-hydroxylation sites is 2. The Hall–Kier alpha value is -4.00. The lowest BCUT2D eigenvalue weighted by molar-refractivity contribution is -0.115. The van der Waals surface area contributed by atoms with E-state index in [0.717, 1.165) is 0 Å². The van der Waals surface area contributed by atoms with Crippen LogP contribution in [0.1, 0.15) is 16.7 Å². The minimum absolute atomic E-state index is 0.0905. The number of carbonyl (C=O) groups excluding carboxylic acids is 1. The minimum atomic E-state index is -0.231. The van der Waals surface area contributed by atoms with Crippen LogP contribution in [0.5, 0.6) is 17.2 Å². The molecule has 0 bridgehead atoms. The van der Waals surface area contributed by atoms with Crippen molar-refractivity contribution in [3.8, 4) is 29.4 Å². The van der Waals surface area contributed by atoms with Gasteiger partial charge in [-0.25, -0.2) is 0 Å². The van der Waals surface area contributed by atoms with Gasteiger partial charge in [0.15, 0.2) is 0 Å². The normalized spacial score (nSPS) is 9.87. The summed E-state index contributed by atoms with van der Waals surface area (Å²) < 4.78 is 11.0. The van der Waals surface area contributed by atoms with Gasteiger partial charge < -0.3 is 14.8 Å². The molecule has 0 heterocycles. The van der Waals surface area contributed by atoms with Crippen LogP contribution in [0.2, 0.25) is 5.02 Å². The third kappa shape index (κ3) is 5.08. The Morgan fingerprint density at radius 1 is 1.00 bits per heavy atom. The van der Waals surface area contributed by atoms with E-state index in [1.807, 2.05) is 18.2 Å². The maximum Gasteiger partial charge on any atom is 0.228 e. The Bertz CT molecular complexity index is 1150. The highest BCUT2D eigenvalue weighted by Gasteiger charge is 2.11. The van der Waals surface area contributed by atoms with Gasteiger partial charge in [0.25, 0.3) is 0 Å². The molecular formula is C23H16ClN3O3. The average molecular weight is 418 g/mol. The summed E-state index contributed by atoms with van der Waals surface area (Å²) in [5.41, 5.74) is 1.85. The lowest BCUT2D eigenvalue weighted by atomic mass is 10.1. The van der Waals surface area contributed by atoms with E-state index in [0.29, 0.717) is 44.6 Å². The Kier molecular flexibility index (Phi) is 6.54. The maximum atomic E-state index is 12.5. The van der Waals surface area contributed by atoms with E-state index in [2.05, 4.69) is 5.32 Å². The maximum absolute atomic E-state index is 12.5. The van der Waals surface area contributed by atoms with Gasteiger partial charge in [-0.2, -0.15) is 10.5 Å². The largest absolute Gasteiger partial charge is 0.495 e. The fourth-order valence-electron chi connectivity index (χ4n) is 2.78. The summed E-state index contributed by atoms with van der Waals surface area (Å²) in [4.78, 5) is 12.5. The number of hydrogen-bond donors (Lipinski definition) is 1. The molecule has 6 nitrogen and oxygen atoms in total. The zero-order valence-electron chi connectivity index (χ0n) is 16.0. The SMILES string of the molecule is COc1ccccc1NC(=O)Cc1ccc(Cl)c(Oc2cc(C#N)cc(C#N)c2)c1. The van der Waals surface area contributed by atoms with E-state index >= 15 is 0 Å². The van der Waals surface area contributed by atoms with Gasteiger partial charge in [0, 0.05) is 0 Å². The van der Waals surface area contributed by atoms with Crippen molar-refractivity contribution < 1.29 is 14.3 Å². The predicted molar refractivity (Wildman–Crippen MR) is 113 cm³/mol. The molecule has 0 atom stereocenters. The lowest BCUT2D eigenvalue weighted by Gasteiger charge is -2.12. The van der Waals surface area contributed by atoms with Crippen molar-refractivity contribution >= 4 is 23.2 Å². The van der Waals surface area contributed by atoms with Crippen LogP contribution in [0.3, 0.4) is 0 Å². The molecule has 0 aliphatic heterocycles. The Morgan fingerprint density at radius 2 is 1.70 bits per heavy atom. The van der Waals surface area contributed by atoms with Crippen LogP contribution in [-0.4, -0.2) is 13.0 Å². The summed E-state index contributed by atoms with van der Waals surface area (Å²) in [6.07, 6.45) is 0.0905. The summed E-state index contributed by atoms with van der Waals surface area (Å²) in [5.74, 6) is 0.962. The average Bonchev–Trinajstić information content (AvgIpc) is 2.76. The van der Waals surface area contributed by atoms with Gasteiger partial charge in [-0.15, -0.1) is 0 Å². The zero-order chi connectivity index (χ0) is 21.5. The van der Waals surface area contributed by atoms with Gasteiger partial charge in [0.2, 0.25) is 5.91 Å². The Labute approximate surface area is 178 Å². The Morgan fingerprint density at radius 3 is 2.37 bits per heavy atom. The molecule has 0 unspecified atom stereocenters. The van der Waals surface area contributed by atoms with Gasteiger partial charge in [0.1, 0.15) is 17.2 Å². The number of halogens is 1. The molecule has 148 valence electrons. The first-order chi connectivity index (χ1) is 14.5. The summed E-state index contributed by atoms with van der Waals surface area (Å²) >= 11 is 6.23. The van der Waals surface area contributed by atoms with Crippen molar-refractivity contribution in [1.82, 2.24) is 0 Å². The van der Waals surface area contributed by atoms with E-state index in [9.17, 15) is 4.79 Å². The predicted octanol–water partition coefficient (Wildman–Crippen LogP) is 5.07. The van der Waals surface area contributed by atoms with Crippen LogP contribution >= 0.6 is 11.6 Å². The van der Waals surface area contributed by atoms with Crippen LogP contribution in [0, 0.1) is 22.7 Å². The Balaban J connectivity index is 1.78. The van der Waals surface area contributed by atoms with Crippen LogP contribution < -0.4 is 14.8 Å². The fourth-order valence-corrected chi connectivity index (χ4v) is 2.93. The standard InChI is InChI=1S/C23H16ClN3O3/c1-29-21-5-3-2-4-20(21)27-23(28)12-15-6-7-19(24)22(11-15)30-18-9-16(13-25)8-17(10-18)14-26/h2-11H,12H2,1H3,(H,27,28). The number of nitriles is 2. The van der Waals surface area contributed by atoms with Gasteiger partial charge in [-0.05, 0) is 48.0 Å². The minimum Gasteiger partial charge on any atom is -0.495 e. The van der Waals surface area contributed by atoms with Gasteiger partial charge in [-0.3, -0.25) is 4.79 Å². The van der Waals surface area contributed by atoms with Gasteiger partial charge in [-0.1, -0.05) is 29.8 Å².